The SMILES string of the molecule is Cc1cccc(-c2cc(C)[nH]c2C(=O)O)c1. The number of aromatic nitrogens is 1. The lowest BCUT2D eigenvalue weighted by molar-refractivity contribution is 0.0692. The zero-order chi connectivity index (χ0) is 11.7. The van der Waals surface area contributed by atoms with Gasteiger partial charge in [-0.25, -0.2) is 4.79 Å². The van der Waals surface area contributed by atoms with E-state index in [1.165, 1.54) is 0 Å². The normalized spacial score (nSPS) is 10.4. The molecule has 0 fully saturated rings. The third kappa shape index (κ3) is 1.84. The van der Waals surface area contributed by atoms with E-state index in [4.69, 9.17) is 5.11 Å². The first-order valence-electron chi connectivity index (χ1n) is 5.08. The van der Waals surface area contributed by atoms with Crippen molar-refractivity contribution in [3.63, 3.8) is 0 Å². The van der Waals surface area contributed by atoms with Crippen molar-refractivity contribution in [2.75, 3.05) is 0 Å². The van der Waals surface area contributed by atoms with E-state index in [0.717, 1.165) is 22.4 Å². The topological polar surface area (TPSA) is 53.1 Å². The summed E-state index contributed by atoms with van der Waals surface area (Å²) in [5, 5.41) is 9.08. The Morgan fingerprint density at radius 1 is 1.25 bits per heavy atom. The van der Waals surface area contributed by atoms with Crippen LogP contribution in [0.5, 0.6) is 0 Å². The summed E-state index contributed by atoms with van der Waals surface area (Å²) in [6.07, 6.45) is 0. The van der Waals surface area contributed by atoms with E-state index >= 15 is 0 Å². The predicted octanol–water partition coefficient (Wildman–Crippen LogP) is 3.00. The van der Waals surface area contributed by atoms with Crippen molar-refractivity contribution in [2.24, 2.45) is 0 Å². The first kappa shape index (κ1) is 10.5. The van der Waals surface area contributed by atoms with E-state index in [1.807, 2.05) is 44.2 Å². The molecule has 1 aromatic heterocycles. The molecule has 0 saturated carbocycles. The highest BCUT2D eigenvalue weighted by Gasteiger charge is 2.14. The Labute approximate surface area is 93.7 Å². The molecule has 0 bridgehead atoms. The van der Waals surface area contributed by atoms with Gasteiger partial charge in [0.1, 0.15) is 5.69 Å². The van der Waals surface area contributed by atoms with Crippen molar-refractivity contribution in [3.8, 4) is 11.1 Å². The van der Waals surface area contributed by atoms with Gasteiger partial charge in [0, 0.05) is 11.3 Å². The second kappa shape index (κ2) is 3.85. The maximum atomic E-state index is 11.1. The number of H-pyrrole nitrogens is 1. The number of aryl methyl sites for hydroxylation is 2. The van der Waals surface area contributed by atoms with Crippen LogP contribution < -0.4 is 0 Å². The summed E-state index contributed by atoms with van der Waals surface area (Å²) in [6.45, 7) is 3.84. The van der Waals surface area contributed by atoms with Gasteiger partial charge in [-0.05, 0) is 25.5 Å². The molecule has 0 aliphatic heterocycles. The first-order chi connectivity index (χ1) is 7.58. The maximum Gasteiger partial charge on any atom is 0.352 e. The molecule has 0 spiro atoms. The lowest BCUT2D eigenvalue weighted by Gasteiger charge is -2.01. The molecule has 2 N–H and O–H groups in total. The van der Waals surface area contributed by atoms with Gasteiger partial charge >= 0.3 is 5.97 Å². The first-order valence-corrected chi connectivity index (χ1v) is 5.08. The van der Waals surface area contributed by atoms with Gasteiger partial charge in [0.05, 0.1) is 0 Å². The Balaban J connectivity index is 2.59. The molecule has 0 radical (unpaired) electrons. The zero-order valence-corrected chi connectivity index (χ0v) is 9.24. The molecule has 3 heteroatoms. The quantitative estimate of drug-likeness (QED) is 0.809. The van der Waals surface area contributed by atoms with Gasteiger partial charge in [-0.2, -0.15) is 0 Å². The van der Waals surface area contributed by atoms with Crippen molar-refractivity contribution in [1.82, 2.24) is 4.98 Å². The molecule has 0 unspecified atom stereocenters. The van der Waals surface area contributed by atoms with Crippen LogP contribution in [-0.2, 0) is 0 Å². The summed E-state index contributed by atoms with van der Waals surface area (Å²) in [4.78, 5) is 13.9. The van der Waals surface area contributed by atoms with Gasteiger partial charge < -0.3 is 10.1 Å². The van der Waals surface area contributed by atoms with Crippen LogP contribution in [0.15, 0.2) is 30.3 Å². The summed E-state index contributed by atoms with van der Waals surface area (Å²) in [5.41, 5.74) is 3.90. The predicted molar refractivity (Wildman–Crippen MR) is 62.7 cm³/mol. The number of benzene rings is 1. The van der Waals surface area contributed by atoms with E-state index in [2.05, 4.69) is 4.98 Å². The minimum Gasteiger partial charge on any atom is -0.477 e. The van der Waals surface area contributed by atoms with E-state index in [-0.39, 0.29) is 5.69 Å². The highest BCUT2D eigenvalue weighted by atomic mass is 16.4. The molecule has 0 amide bonds. The van der Waals surface area contributed by atoms with Crippen LogP contribution >= 0.6 is 0 Å². The van der Waals surface area contributed by atoms with Crippen LogP contribution in [0.2, 0.25) is 0 Å². The molecule has 0 aliphatic rings. The number of aromatic carboxylic acids is 1. The Hall–Kier alpha value is -2.03. The minimum absolute atomic E-state index is 0.253. The average molecular weight is 215 g/mol. The van der Waals surface area contributed by atoms with Crippen molar-refractivity contribution < 1.29 is 9.90 Å². The number of aromatic amines is 1. The molecule has 2 rings (SSSR count). The summed E-state index contributed by atoms with van der Waals surface area (Å²) < 4.78 is 0. The van der Waals surface area contributed by atoms with Crippen molar-refractivity contribution in [2.45, 2.75) is 13.8 Å². The van der Waals surface area contributed by atoms with Gasteiger partial charge in [-0.15, -0.1) is 0 Å². The van der Waals surface area contributed by atoms with Gasteiger partial charge in [-0.1, -0.05) is 29.8 Å². The summed E-state index contributed by atoms with van der Waals surface area (Å²) >= 11 is 0. The molecule has 16 heavy (non-hydrogen) atoms. The van der Waals surface area contributed by atoms with Crippen molar-refractivity contribution >= 4 is 5.97 Å². The molecular weight excluding hydrogens is 202 g/mol. The number of carboxylic acid groups (broad SMARTS) is 1. The lowest BCUT2D eigenvalue weighted by atomic mass is 10.0. The van der Waals surface area contributed by atoms with Crippen molar-refractivity contribution in [3.05, 3.63) is 47.3 Å². The highest BCUT2D eigenvalue weighted by Crippen LogP contribution is 2.25. The molecule has 1 heterocycles. The second-order valence-corrected chi connectivity index (χ2v) is 3.92. The molecule has 82 valence electrons. The molecular formula is C13H13NO2. The summed E-state index contributed by atoms with van der Waals surface area (Å²) in [6, 6.07) is 9.68. The van der Waals surface area contributed by atoms with Gasteiger partial charge in [0.25, 0.3) is 0 Å². The fraction of sp³-hybridized carbons (Fsp3) is 0.154. The number of hydrogen-bond acceptors (Lipinski definition) is 1. The molecule has 2 aromatic rings. The van der Waals surface area contributed by atoms with E-state index in [9.17, 15) is 4.79 Å². The van der Waals surface area contributed by atoms with E-state index < -0.39 is 5.97 Å². The lowest BCUT2D eigenvalue weighted by Crippen LogP contribution is -1.98. The van der Waals surface area contributed by atoms with E-state index in [1.54, 1.807) is 0 Å². The van der Waals surface area contributed by atoms with Crippen LogP contribution in [0.3, 0.4) is 0 Å². The Morgan fingerprint density at radius 2 is 2.00 bits per heavy atom. The fourth-order valence-electron chi connectivity index (χ4n) is 1.80. The molecule has 0 atom stereocenters. The van der Waals surface area contributed by atoms with Crippen LogP contribution in [-0.4, -0.2) is 16.1 Å². The standard InChI is InChI=1S/C13H13NO2/c1-8-4-3-5-10(6-8)11-7-9(2)14-12(11)13(15)16/h3-7,14H,1-2H3,(H,15,16). The Morgan fingerprint density at radius 3 is 2.62 bits per heavy atom. The third-order valence-corrected chi connectivity index (χ3v) is 2.50. The number of carbonyl (C=O) groups is 1. The maximum absolute atomic E-state index is 11.1. The van der Waals surface area contributed by atoms with Gasteiger partial charge in [-0.3, -0.25) is 0 Å². The smallest absolute Gasteiger partial charge is 0.352 e. The molecule has 0 aliphatic carbocycles. The second-order valence-electron chi connectivity index (χ2n) is 3.92. The van der Waals surface area contributed by atoms with Crippen molar-refractivity contribution in [1.29, 1.82) is 0 Å². The summed E-state index contributed by atoms with van der Waals surface area (Å²) in [7, 11) is 0. The summed E-state index contributed by atoms with van der Waals surface area (Å²) in [5.74, 6) is -0.926. The monoisotopic (exact) mass is 215 g/mol. The molecule has 1 aromatic carbocycles. The van der Waals surface area contributed by atoms with Crippen LogP contribution in [0.1, 0.15) is 21.7 Å². The minimum atomic E-state index is -0.926. The Bertz CT molecular complexity index is 541. The van der Waals surface area contributed by atoms with Crippen LogP contribution in [0.25, 0.3) is 11.1 Å². The third-order valence-electron chi connectivity index (χ3n) is 2.50. The number of rotatable bonds is 2. The molecule has 0 saturated heterocycles. The number of carboxylic acids is 1. The van der Waals surface area contributed by atoms with E-state index in [0.29, 0.717) is 0 Å². The average Bonchev–Trinajstić information content (AvgIpc) is 2.60. The van der Waals surface area contributed by atoms with Gasteiger partial charge in [0.15, 0.2) is 0 Å². The Kier molecular flexibility index (Phi) is 2.52. The van der Waals surface area contributed by atoms with Gasteiger partial charge in [0.2, 0.25) is 0 Å². The largest absolute Gasteiger partial charge is 0.477 e. The highest BCUT2D eigenvalue weighted by molar-refractivity contribution is 5.94. The fourth-order valence-corrected chi connectivity index (χ4v) is 1.80. The molecule has 3 nitrogen and oxygen atoms in total. The number of nitrogens with one attached hydrogen (secondary N) is 1. The van der Waals surface area contributed by atoms with Crippen LogP contribution in [0, 0.1) is 13.8 Å². The number of hydrogen-bond donors (Lipinski definition) is 2. The zero-order valence-electron chi connectivity index (χ0n) is 9.24. The van der Waals surface area contributed by atoms with Crippen LogP contribution in [0.4, 0.5) is 0 Å².